The van der Waals surface area contributed by atoms with Gasteiger partial charge >= 0.3 is 0 Å². The molecule has 0 spiro atoms. The number of thiophene rings is 1. The summed E-state index contributed by atoms with van der Waals surface area (Å²) in [6.45, 7) is 4.76. The van der Waals surface area contributed by atoms with Gasteiger partial charge in [0.2, 0.25) is 0 Å². The van der Waals surface area contributed by atoms with Gasteiger partial charge in [0.1, 0.15) is 0 Å². The number of anilines is 3. The number of nitrogens with zero attached hydrogens (tertiary/aromatic N) is 1. The van der Waals surface area contributed by atoms with E-state index >= 15 is 0 Å². The van der Waals surface area contributed by atoms with Gasteiger partial charge in [0, 0.05) is 13.1 Å². The van der Waals surface area contributed by atoms with Crippen molar-refractivity contribution < 1.29 is 18.7 Å². The zero-order valence-corrected chi connectivity index (χ0v) is 16.8. The summed E-state index contributed by atoms with van der Waals surface area (Å²) in [5.41, 5.74) is 2.53. The van der Waals surface area contributed by atoms with E-state index in [1.165, 1.54) is 17.6 Å². The van der Waals surface area contributed by atoms with Crippen LogP contribution in [0.5, 0.6) is 0 Å². The number of amides is 2. The van der Waals surface area contributed by atoms with Gasteiger partial charge in [-0.3, -0.25) is 9.59 Å². The first-order valence-corrected chi connectivity index (χ1v) is 10.1. The molecule has 0 aliphatic carbocycles. The first-order valence-electron chi connectivity index (χ1n) is 9.30. The van der Waals surface area contributed by atoms with Crippen LogP contribution in [0.25, 0.3) is 0 Å². The maximum Gasteiger partial charge on any atom is 0.291 e. The second-order valence-corrected chi connectivity index (χ2v) is 7.68. The van der Waals surface area contributed by atoms with Crippen LogP contribution in [0.15, 0.2) is 53.1 Å². The summed E-state index contributed by atoms with van der Waals surface area (Å²) in [4.78, 5) is 27.8. The first-order chi connectivity index (χ1) is 14.1. The predicted molar refractivity (Wildman–Crippen MR) is 113 cm³/mol. The Kier molecular flexibility index (Phi) is 5.64. The second kappa shape index (κ2) is 8.50. The lowest BCUT2D eigenvalue weighted by Gasteiger charge is -2.30. The van der Waals surface area contributed by atoms with Gasteiger partial charge in [0.25, 0.3) is 11.8 Å². The predicted octanol–water partition coefficient (Wildman–Crippen LogP) is 3.99. The third-order valence-corrected chi connectivity index (χ3v) is 5.76. The molecule has 29 heavy (non-hydrogen) atoms. The average molecular weight is 411 g/mol. The molecule has 4 rings (SSSR count). The van der Waals surface area contributed by atoms with Crippen LogP contribution in [0.2, 0.25) is 0 Å². The maximum atomic E-state index is 12.9. The molecule has 1 aromatic carbocycles. The molecule has 0 radical (unpaired) electrons. The van der Waals surface area contributed by atoms with Crippen molar-refractivity contribution in [1.82, 2.24) is 0 Å². The number of nitrogens with one attached hydrogen (secondary N) is 2. The SMILES string of the molecule is Cc1cc(NC(=O)c2ccco2)sc1C(=O)Nc1ccccc1N1CCOCC1. The lowest BCUT2D eigenvalue weighted by molar-refractivity contribution is 0.0995. The topological polar surface area (TPSA) is 83.8 Å². The molecule has 2 aromatic heterocycles. The Hall–Kier alpha value is -3.10. The van der Waals surface area contributed by atoms with Crippen molar-refractivity contribution in [3.8, 4) is 0 Å². The summed E-state index contributed by atoms with van der Waals surface area (Å²) in [6, 6.07) is 12.8. The highest BCUT2D eigenvalue weighted by Crippen LogP contribution is 2.31. The van der Waals surface area contributed by atoms with Gasteiger partial charge in [-0.25, -0.2) is 0 Å². The smallest absolute Gasteiger partial charge is 0.291 e. The van der Waals surface area contributed by atoms with Gasteiger partial charge < -0.3 is 24.7 Å². The van der Waals surface area contributed by atoms with Gasteiger partial charge in [0.05, 0.1) is 40.7 Å². The number of hydrogen-bond donors (Lipinski definition) is 2. The number of morpholine rings is 1. The largest absolute Gasteiger partial charge is 0.459 e. The van der Waals surface area contributed by atoms with Crippen molar-refractivity contribution in [2.75, 3.05) is 41.8 Å². The standard InChI is InChI=1S/C21H21N3O4S/c1-14-13-18(23-20(25)17-7-4-10-28-17)29-19(14)21(26)22-15-5-2-3-6-16(15)24-8-11-27-12-9-24/h2-7,10,13H,8-9,11-12H2,1H3,(H,22,26)(H,23,25). The molecular weight excluding hydrogens is 390 g/mol. The Balaban J connectivity index is 1.49. The molecule has 0 atom stereocenters. The molecule has 3 heterocycles. The summed E-state index contributed by atoms with van der Waals surface area (Å²) >= 11 is 1.23. The molecule has 2 amide bonds. The Morgan fingerprint density at radius 3 is 2.59 bits per heavy atom. The number of carbonyl (C=O) groups is 2. The monoisotopic (exact) mass is 411 g/mol. The fraction of sp³-hybridized carbons (Fsp3) is 0.238. The van der Waals surface area contributed by atoms with Crippen molar-refractivity contribution in [2.24, 2.45) is 0 Å². The van der Waals surface area contributed by atoms with Gasteiger partial charge in [0.15, 0.2) is 5.76 Å². The maximum absolute atomic E-state index is 12.9. The Bertz CT molecular complexity index is 1010. The molecule has 0 unspecified atom stereocenters. The molecule has 1 fully saturated rings. The Labute approximate surface area is 172 Å². The van der Waals surface area contributed by atoms with Crippen molar-refractivity contribution >= 4 is 39.5 Å². The molecule has 0 saturated carbocycles. The quantitative estimate of drug-likeness (QED) is 0.663. The molecule has 1 aliphatic rings. The van der Waals surface area contributed by atoms with E-state index in [1.807, 2.05) is 31.2 Å². The van der Waals surface area contributed by atoms with Crippen LogP contribution < -0.4 is 15.5 Å². The number of benzene rings is 1. The van der Waals surface area contributed by atoms with E-state index in [9.17, 15) is 9.59 Å². The normalized spacial score (nSPS) is 13.9. The number of aryl methyl sites for hydroxylation is 1. The molecule has 7 nitrogen and oxygen atoms in total. The van der Waals surface area contributed by atoms with E-state index in [0.717, 1.165) is 30.0 Å². The molecule has 0 bridgehead atoms. The third-order valence-electron chi connectivity index (χ3n) is 4.61. The van der Waals surface area contributed by atoms with Crippen LogP contribution in [0, 0.1) is 6.92 Å². The van der Waals surface area contributed by atoms with E-state index in [0.29, 0.717) is 23.1 Å². The Morgan fingerprint density at radius 2 is 1.83 bits per heavy atom. The van der Waals surface area contributed by atoms with Crippen LogP contribution in [-0.4, -0.2) is 38.1 Å². The molecule has 3 aromatic rings. The van der Waals surface area contributed by atoms with Crippen molar-refractivity contribution in [3.63, 3.8) is 0 Å². The van der Waals surface area contributed by atoms with Gasteiger partial charge in [-0.05, 0) is 42.8 Å². The summed E-state index contributed by atoms with van der Waals surface area (Å²) < 4.78 is 10.5. The highest BCUT2D eigenvalue weighted by molar-refractivity contribution is 7.18. The first kappa shape index (κ1) is 19.2. The highest BCUT2D eigenvalue weighted by atomic mass is 32.1. The minimum absolute atomic E-state index is 0.202. The molecule has 1 aliphatic heterocycles. The average Bonchev–Trinajstić information content (AvgIpc) is 3.39. The van der Waals surface area contributed by atoms with Crippen molar-refractivity contribution in [1.29, 1.82) is 0 Å². The second-order valence-electron chi connectivity index (χ2n) is 6.62. The van der Waals surface area contributed by atoms with E-state index in [-0.39, 0.29) is 17.6 Å². The zero-order chi connectivity index (χ0) is 20.2. The summed E-state index contributed by atoms with van der Waals surface area (Å²) in [5.74, 6) is -0.325. The summed E-state index contributed by atoms with van der Waals surface area (Å²) in [5, 5.41) is 6.38. The fourth-order valence-electron chi connectivity index (χ4n) is 3.19. The number of hydrogen-bond acceptors (Lipinski definition) is 6. The molecule has 150 valence electrons. The number of carbonyl (C=O) groups excluding carboxylic acids is 2. The lowest BCUT2D eigenvalue weighted by atomic mass is 10.2. The summed E-state index contributed by atoms with van der Waals surface area (Å²) in [6.07, 6.45) is 1.44. The van der Waals surface area contributed by atoms with E-state index in [2.05, 4.69) is 15.5 Å². The Morgan fingerprint density at radius 1 is 1.03 bits per heavy atom. The number of rotatable bonds is 5. The fourth-order valence-corrected chi connectivity index (χ4v) is 4.15. The molecule has 1 saturated heterocycles. The van der Waals surface area contributed by atoms with Gasteiger partial charge in [-0.2, -0.15) is 0 Å². The number of ether oxygens (including phenoxy) is 1. The van der Waals surface area contributed by atoms with Gasteiger partial charge in [-0.15, -0.1) is 11.3 Å². The van der Waals surface area contributed by atoms with Crippen molar-refractivity contribution in [2.45, 2.75) is 6.92 Å². The summed E-state index contributed by atoms with van der Waals surface area (Å²) in [7, 11) is 0. The lowest BCUT2D eigenvalue weighted by Crippen LogP contribution is -2.36. The minimum atomic E-state index is -0.346. The van der Waals surface area contributed by atoms with Crippen LogP contribution >= 0.6 is 11.3 Å². The van der Waals surface area contributed by atoms with Gasteiger partial charge in [-0.1, -0.05) is 12.1 Å². The number of furan rings is 1. The van der Waals surface area contributed by atoms with E-state index < -0.39 is 0 Å². The van der Waals surface area contributed by atoms with Crippen LogP contribution in [-0.2, 0) is 4.74 Å². The highest BCUT2D eigenvalue weighted by Gasteiger charge is 2.19. The van der Waals surface area contributed by atoms with E-state index in [1.54, 1.807) is 18.2 Å². The van der Waals surface area contributed by atoms with Crippen LogP contribution in [0.1, 0.15) is 25.8 Å². The van der Waals surface area contributed by atoms with Crippen molar-refractivity contribution in [3.05, 3.63) is 64.9 Å². The van der Waals surface area contributed by atoms with Crippen LogP contribution in [0.3, 0.4) is 0 Å². The van der Waals surface area contributed by atoms with Crippen LogP contribution in [0.4, 0.5) is 16.4 Å². The van der Waals surface area contributed by atoms with E-state index in [4.69, 9.17) is 9.15 Å². The number of para-hydroxylation sites is 2. The zero-order valence-electron chi connectivity index (χ0n) is 15.9. The molecule has 8 heteroatoms. The molecular formula is C21H21N3O4S. The minimum Gasteiger partial charge on any atom is -0.459 e. The molecule has 2 N–H and O–H groups in total. The third kappa shape index (κ3) is 4.33.